The van der Waals surface area contributed by atoms with E-state index in [0.29, 0.717) is 17.3 Å². The molecule has 32 heavy (non-hydrogen) atoms. The Balaban J connectivity index is 0.00000363. The summed E-state index contributed by atoms with van der Waals surface area (Å²) in [7, 11) is 4.45. The number of alkyl halides is 3. The topological polar surface area (TPSA) is 38.3 Å². The first kappa shape index (κ1) is 25.9. The maximum Gasteiger partial charge on any atom is 0.416 e. The smallest absolute Gasteiger partial charge is 0.416 e. The van der Waals surface area contributed by atoms with Crippen molar-refractivity contribution in [1.82, 2.24) is 0 Å². The molecule has 174 valence electrons. The molecule has 0 saturated carbocycles. The minimum absolute atomic E-state index is 0. The number of anilines is 1. The van der Waals surface area contributed by atoms with Gasteiger partial charge in [-0.1, -0.05) is 24.3 Å². The quantitative estimate of drug-likeness (QED) is 0.521. The summed E-state index contributed by atoms with van der Waals surface area (Å²) in [6.07, 6.45) is 0.298. The highest BCUT2D eigenvalue weighted by Gasteiger charge is 2.31. The Kier molecular flexibility index (Phi) is 8.89. The van der Waals surface area contributed by atoms with Crippen molar-refractivity contribution in [3.63, 3.8) is 0 Å². The molecule has 0 bridgehead atoms. The molecule has 1 N–H and O–H groups in total. The Bertz CT molecular complexity index is 922. The lowest BCUT2D eigenvalue weighted by atomic mass is 10.0. The van der Waals surface area contributed by atoms with E-state index >= 15 is 0 Å². The Labute approximate surface area is 193 Å². The summed E-state index contributed by atoms with van der Waals surface area (Å²) in [5, 5.41) is 2.74. The maximum atomic E-state index is 12.8. The van der Waals surface area contributed by atoms with E-state index in [2.05, 4.69) is 19.4 Å². The Morgan fingerprint density at radius 3 is 2.41 bits per heavy atom. The fraction of sp³-hybridized carbons (Fsp3) is 0.375. The van der Waals surface area contributed by atoms with Crippen molar-refractivity contribution in [2.75, 3.05) is 32.6 Å². The van der Waals surface area contributed by atoms with Gasteiger partial charge in [0.05, 0.1) is 38.9 Å². The number of carbonyl (C=O) groups excluding carboxylic acids is 1. The summed E-state index contributed by atoms with van der Waals surface area (Å²) >= 11 is 0. The van der Waals surface area contributed by atoms with Gasteiger partial charge in [0, 0.05) is 30.2 Å². The van der Waals surface area contributed by atoms with Gasteiger partial charge >= 0.3 is 6.18 Å². The molecule has 1 heterocycles. The molecule has 4 nitrogen and oxygen atoms in total. The number of hydrogen-bond donors (Lipinski definition) is 1. The highest BCUT2D eigenvalue weighted by molar-refractivity contribution is 6.01. The average molecular weight is 469 g/mol. The average Bonchev–Trinajstić information content (AvgIpc) is 2.74. The number of carbonyl (C=O) groups is 1. The summed E-state index contributed by atoms with van der Waals surface area (Å²) in [6, 6.07) is 13.1. The first-order chi connectivity index (χ1) is 14.6. The second-order valence-electron chi connectivity index (χ2n) is 8.42. The molecule has 0 aliphatic carbocycles. The fourth-order valence-electron chi connectivity index (χ4n) is 3.85. The van der Waals surface area contributed by atoms with Crippen molar-refractivity contribution in [2.24, 2.45) is 0 Å². The van der Waals surface area contributed by atoms with Crippen LogP contribution in [0.15, 0.2) is 54.6 Å². The van der Waals surface area contributed by atoms with Crippen LogP contribution in [0.1, 0.15) is 29.5 Å². The van der Waals surface area contributed by atoms with Gasteiger partial charge in [-0.25, -0.2) is 0 Å². The molecular formula is C24H28ClF3N2O2. The lowest BCUT2D eigenvalue weighted by Crippen LogP contribution is -3.00. The van der Waals surface area contributed by atoms with Gasteiger partial charge in [-0.3, -0.25) is 4.79 Å². The summed E-state index contributed by atoms with van der Waals surface area (Å²) in [6.45, 7) is 2.50. The van der Waals surface area contributed by atoms with E-state index in [4.69, 9.17) is 4.74 Å². The number of halogens is 4. The molecule has 0 spiro atoms. The Morgan fingerprint density at radius 1 is 1.12 bits per heavy atom. The van der Waals surface area contributed by atoms with Crippen molar-refractivity contribution >= 4 is 17.7 Å². The van der Waals surface area contributed by atoms with Crippen molar-refractivity contribution in [3.05, 3.63) is 71.3 Å². The minimum atomic E-state index is -4.41. The molecule has 3 rings (SSSR count). The van der Waals surface area contributed by atoms with Gasteiger partial charge in [-0.05, 0) is 35.9 Å². The first-order valence-corrected chi connectivity index (χ1v) is 10.3. The summed E-state index contributed by atoms with van der Waals surface area (Å²) in [4.78, 5) is 12.2. The third kappa shape index (κ3) is 7.36. The number of quaternary nitrogens is 1. The zero-order valence-electron chi connectivity index (χ0n) is 18.2. The number of ether oxygens (including phenoxy) is 1. The van der Waals surface area contributed by atoms with Gasteiger partial charge in [0.25, 0.3) is 0 Å². The van der Waals surface area contributed by atoms with E-state index in [1.165, 1.54) is 29.8 Å². The van der Waals surface area contributed by atoms with Crippen molar-refractivity contribution in [3.8, 4) is 0 Å². The molecule has 0 aromatic heterocycles. The van der Waals surface area contributed by atoms with Gasteiger partial charge in [-0.15, -0.1) is 0 Å². The highest BCUT2D eigenvalue weighted by Crippen LogP contribution is 2.29. The van der Waals surface area contributed by atoms with Crippen LogP contribution in [-0.2, 0) is 22.3 Å². The number of benzene rings is 2. The molecule has 8 heteroatoms. The largest absolute Gasteiger partial charge is 1.00 e. The van der Waals surface area contributed by atoms with Gasteiger partial charge in [-0.2, -0.15) is 13.2 Å². The van der Waals surface area contributed by atoms with Gasteiger partial charge in [0.15, 0.2) is 0 Å². The van der Waals surface area contributed by atoms with Crippen LogP contribution in [0.3, 0.4) is 0 Å². The van der Waals surface area contributed by atoms with E-state index in [9.17, 15) is 18.0 Å². The summed E-state index contributed by atoms with van der Waals surface area (Å²) in [5.41, 5.74) is 1.38. The zero-order chi connectivity index (χ0) is 22.5. The molecule has 2 aromatic carbocycles. The van der Waals surface area contributed by atoms with Crippen molar-refractivity contribution < 1.29 is 39.6 Å². The summed E-state index contributed by atoms with van der Waals surface area (Å²) in [5.74, 6) is -0.400. The minimum Gasteiger partial charge on any atom is -1.00 e. The van der Waals surface area contributed by atoms with E-state index in [1.807, 2.05) is 24.3 Å². The third-order valence-electron chi connectivity index (χ3n) is 5.63. The van der Waals surface area contributed by atoms with Crippen LogP contribution < -0.4 is 17.7 Å². The molecule has 0 unspecified atom stereocenters. The standard InChI is InChI=1S/C24H27F3N2O2.ClH/c1-29(2,22-12-14-31-15-13-22)17-19-6-9-21(10-7-19)28-23(30)11-8-18-4-3-5-20(16-18)24(25,26)27;/h3-11,16,22H,12-15,17H2,1-2H3;1H/b11-8+;. The normalized spacial score (nSPS) is 15.4. The SMILES string of the molecule is C[N+](C)(Cc1ccc(NC(=O)/C=C/c2cccc(C(F)(F)F)c2)cc1)C1CCOCC1.[Cl-]. The Hall–Kier alpha value is -2.35. The van der Waals surface area contributed by atoms with Crippen molar-refractivity contribution in [1.29, 1.82) is 0 Å². The van der Waals surface area contributed by atoms with Crippen LogP contribution in [-0.4, -0.2) is 43.7 Å². The number of rotatable bonds is 6. The van der Waals surface area contributed by atoms with Gasteiger partial charge in [0.1, 0.15) is 6.54 Å². The summed E-state index contributed by atoms with van der Waals surface area (Å²) < 4.78 is 44.7. The second-order valence-corrected chi connectivity index (χ2v) is 8.42. The molecule has 1 fully saturated rings. The van der Waals surface area contributed by atoms with Gasteiger partial charge < -0.3 is 26.9 Å². The van der Waals surface area contributed by atoms with Crippen LogP contribution in [0.5, 0.6) is 0 Å². The van der Waals surface area contributed by atoms with Gasteiger partial charge in [0.2, 0.25) is 5.91 Å². The molecule has 1 aliphatic rings. The monoisotopic (exact) mass is 468 g/mol. The van der Waals surface area contributed by atoms with E-state index < -0.39 is 17.6 Å². The van der Waals surface area contributed by atoms with Crippen LogP contribution in [0.25, 0.3) is 6.08 Å². The molecule has 1 saturated heterocycles. The maximum absolute atomic E-state index is 12.8. The first-order valence-electron chi connectivity index (χ1n) is 10.3. The second kappa shape index (κ2) is 11.0. The Morgan fingerprint density at radius 2 is 1.78 bits per heavy atom. The highest BCUT2D eigenvalue weighted by atomic mass is 35.5. The molecule has 1 aliphatic heterocycles. The van der Waals surface area contributed by atoms with Crippen LogP contribution in [0.4, 0.5) is 18.9 Å². The predicted octanol–water partition coefficient (Wildman–Crippen LogP) is 2.12. The van der Waals surface area contributed by atoms with E-state index in [-0.39, 0.29) is 12.4 Å². The molecular weight excluding hydrogens is 441 g/mol. The van der Waals surface area contributed by atoms with Crippen LogP contribution in [0.2, 0.25) is 0 Å². The van der Waals surface area contributed by atoms with Crippen LogP contribution in [0, 0.1) is 0 Å². The van der Waals surface area contributed by atoms with E-state index in [0.717, 1.165) is 49.2 Å². The zero-order valence-corrected chi connectivity index (χ0v) is 18.9. The lowest BCUT2D eigenvalue weighted by molar-refractivity contribution is -0.929. The third-order valence-corrected chi connectivity index (χ3v) is 5.63. The number of amides is 1. The van der Waals surface area contributed by atoms with Crippen molar-refractivity contribution in [2.45, 2.75) is 31.6 Å². The molecule has 0 atom stereocenters. The van der Waals surface area contributed by atoms with Crippen LogP contribution >= 0.6 is 0 Å². The van der Waals surface area contributed by atoms with E-state index in [1.54, 1.807) is 0 Å². The number of nitrogens with one attached hydrogen (secondary N) is 1. The molecule has 0 radical (unpaired) electrons. The number of hydrogen-bond acceptors (Lipinski definition) is 2. The number of nitrogens with zero attached hydrogens (tertiary/aromatic N) is 1. The lowest BCUT2D eigenvalue weighted by Gasteiger charge is -2.40. The predicted molar refractivity (Wildman–Crippen MR) is 115 cm³/mol. The molecule has 2 aromatic rings. The molecule has 1 amide bonds. The fourth-order valence-corrected chi connectivity index (χ4v) is 3.85.